The predicted molar refractivity (Wildman–Crippen MR) is 70.4 cm³/mol. The first kappa shape index (κ1) is 13.8. The summed E-state index contributed by atoms with van der Waals surface area (Å²) in [5, 5.41) is 9.43. The fourth-order valence-corrected chi connectivity index (χ4v) is 2.54. The summed E-state index contributed by atoms with van der Waals surface area (Å²) in [6.45, 7) is 10.6. The first-order chi connectivity index (χ1) is 7.71. The Balaban J connectivity index is 2.92. The maximum absolute atomic E-state index is 11.5. The smallest absolute Gasteiger partial charge is 0.290 e. The van der Waals surface area contributed by atoms with Gasteiger partial charge in [-0.3, -0.25) is 4.79 Å². The fraction of sp³-hybridized carbons (Fsp3) is 0.643. The van der Waals surface area contributed by atoms with Gasteiger partial charge in [-0.15, -0.1) is 0 Å². The molecule has 1 aromatic heterocycles. The Morgan fingerprint density at radius 3 is 2.47 bits per heavy atom. The van der Waals surface area contributed by atoms with Crippen LogP contribution in [0.15, 0.2) is 10.9 Å². The molecule has 0 atom stereocenters. The van der Waals surface area contributed by atoms with E-state index >= 15 is 0 Å². The third kappa shape index (κ3) is 3.91. The number of aromatic hydroxyl groups is 1. The van der Waals surface area contributed by atoms with E-state index in [1.807, 2.05) is 6.07 Å². The highest BCUT2D eigenvalue weighted by atomic mass is 16.3. The van der Waals surface area contributed by atoms with Crippen LogP contribution in [0.4, 0.5) is 0 Å². The van der Waals surface area contributed by atoms with Gasteiger partial charge in [0, 0.05) is 5.69 Å². The monoisotopic (exact) mass is 237 g/mol. The number of hydrogen-bond donors (Lipinski definition) is 2. The van der Waals surface area contributed by atoms with Crippen molar-refractivity contribution in [2.45, 2.75) is 47.5 Å². The van der Waals surface area contributed by atoms with Gasteiger partial charge in [-0.05, 0) is 42.7 Å². The minimum Gasteiger partial charge on any atom is -0.503 e. The summed E-state index contributed by atoms with van der Waals surface area (Å²) >= 11 is 0. The molecular weight excluding hydrogens is 214 g/mol. The average molecular weight is 237 g/mol. The van der Waals surface area contributed by atoms with Crippen molar-refractivity contribution in [2.24, 2.45) is 11.3 Å². The van der Waals surface area contributed by atoms with Crippen molar-refractivity contribution in [3.8, 4) is 5.75 Å². The van der Waals surface area contributed by atoms with Crippen molar-refractivity contribution in [3.05, 3.63) is 27.7 Å². The number of hydrogen-bond acceptors (Lipinski definition) is 2. The van der Waals surface area contributed by atoms with E-state index in [-0.39, 0.29) is 16.7 Å². The molecule has 0 fully saturated rings. The quantitative estimate of drug-likeness (QED) is 0.845. The van der Waals surface area contributed by atoms with E-state index in [2.05, 4.69) is 32.7 Å². The molecule has 1 aromatic rings. The van der Waals surface area contributed by atoms with Crippen LogP contribution in [0.1, 0.15) is 45.4 Å². The average Bonchev–Trinajstić information content (AvgIpc) is 2.10. The molecular formula is C14H23NO2. The number of aryl methyl sites for hydroxylation is 1. The first-order valence-corrected chi connectivity index (χ1v) is 6.13. The van der Waals surface area contributed by atoms with Crippen molar-refractivity contribution >= 4 is 0 Å². The van der Waals surface area contributed by atoms with Crippen molar-refractivity contribution in [1.29, 1.82) is 0 Å². The zero-order valence-electron chi connectivity index (χ0n) is 11.4. The van der Waals surface area contributed by atoms with Crippen molar-refractivity contribution in [3.63, 3.8) is 0 Å². The molecule has 3 nitrogen and oxygen atoms in total. The number of aromatic amines is 1. The van der Waals surface area contributed by atoms with Crippen LogP contribution >= 0.6 is 0 Å². The standard InChI is InChI=1S/C14H23NO2/c1-9(2)7-14(4,5)8-11-6-10(3)12(16)13(17)15-11/h6,9,16H,7-8H2,1-5H3,(H,15,17). The maximum Gasteiger partial charge on any atom is 0.290 e. The summed E-state index contributed by atoms with van der Waals surface area (Å²) < 4.78 is 0. The number of aromatic nitrogens is 1. The van der Waals surface area contributed by atoms with Crippen LogP contribution in [0, 0.1) is 18.3 Å². The Morgan fingerprint density at radius 2 is 2.00 bits per heavy atom. The topological polar surface area (TPSA) is 53.1 Å². The van der Waals surface area contributed by atoms with Gasteiger partial charge in [-0.2, -0.15) is 0 Å². The van der Waals surface area contributed by atoms with E-state index in [0.717, 1.165) is 18.5 Å². The van der Waals surface area contributed by atoms with Gasteiger partial charge < -0.3 is 10.1 Å². The van der Waals surface area contributed by atoms with Gasteiger partial charge in [0.1, 0.15) is 0 Å². The molecule has 17 heavy (non-hydrogen) atoms. The first-order valence-electron chi connectivity index (χ1n) is 6.13. The molecule has 1 rings (SSSR count). The summed E-state index contributed by atoms with van der Waals surface area (Å²) in [6.07, 6.45) is 1.93. The fourth-order valence-electron chi connectivity index (χ4n) is 2.54. The lowest BCUT2D eigenvalue weighted by molar-refractivity contribution is 0.282. The van der Waals surface area contributed by atoms with Gasteiger partial charge in [0.25, 0.3) is 5.56 Å². The highest BCUT2D eigenvalue weighted by molar-refractivity contribution is 5.30. The lowest BCUT2D eigenvalue weighted by Gasteiger charge is -2.26. The van der Waals surface area contributed by atoms with Crippen molar-refractivity contribution < 1.29 is 5.11 Å². The van der Waals surface area contributed by atoms with Gasteiger partial charge in [0.2, 0.25) is 0 Å². The van der Waals surface area contributed by atoms with Gasteiger partial charge in [-0.25, -0.2) is 0 Å². The number of H-pyrrole nitrogens is 1. The normalized spacial score (nSPS) is 12.1. The molecule has 1 heterocycles. The molecule has 0 bridgehead atoms. The van der Waals surface area contributed by atoms with Gasteiger partial charge in [0.05, 0.1) is 0 Å². The van der Waals surface area contributed by atoms with Crippen molar-refractivity contribution in [2.75, 3.05) is 0 Å². The van der Waals surface area contributed by atoms with Crippen LogP contribution in [0.2, 0.25) is 0 Å². The summed E-state index contributed by atoms with van der Waals surface area (Å²) in [4.78, 5) is 14.2. The molecule has 0 aliphatic carbocycles. The molecule has 0 unspecified atom stereocenters. The van der Waals surface area contributed by atoms with E-state index in [4.69, 9.17) is 0 Å². The molecule has 0 aliphatic rings. The lowest BCUT2D eigenvalue weighted by Crippen LogP contribution is -2.20. The van der Waals surface area contributed by atoms with E-state index in [1.165, 1.54) is 0 Å². The van der Waals surface area contributed by atoms with Gasteiger partial charge >= 0.3 is 0 Å². The van der Waals surface area contributed by atoms with Crippen LogP contribution in [0.25, 0.3) is 0 Å². The van der Waals surface area contributed by atoms with Crippen LogP contribution in [-0.4, -0.2) is 10.1 Å². The number of nitrogens with one attached hydrogen (secondary N) is 1. The molecule has 0 aliphatic heterocycles. The SMILES string of the molecule is Cc1cc(CC(C)(C)CC(C)C)[nH]c(=O)c1O. The number of pyridine rings is 1. The van der Waals surface area contributed by atoms with Crippen LogP contribution in [-0.2, 0) is 6.42 Å². The van der Waals surface area contributed by atoms with E-state index in [0.29, 0.717) is 11.5 Å². The van der Waals surface area contributed by atoms with Crippen molar-refractivity contribution in [1.82, 2.24) is 4.98 Å². The summed E-state index contributed by atoms with van der Waals surface area (Å²) in [7, 11) is 0. The third-order valence-corrected chi connectivity index (χ3v) is 2.88. The van der Waals surface area contributed by atoms with E-state index in [1.54, 1.807) is 6.92 Å². The van der Waals surface area contributed by atoms with Crippen LogP contribution < -0.4 is 5.56 Å². The zero-order valence-corrected chi connectivity index (χ0v) is 11.4. The molecule has 0 spiro atoms. The highest BCUT2D eigenvalue weighted by Gasteiger charge is 2.21. The predicted octanol–water partition coefficient (Wildman–Crippen LogP) is 3.00. The molecule has 3 heteroatoms. The molecule has 96 valence electrons. The maximum atomic E-state index is 11.5. The second-order valence-electron chi connectivity index (χ2n) is 6.09. The molecule has 0 saturated carbocycles. The van der Waals surface area contributed by atoms with E-state index < -0.39 is 0 Å². The van der Waals surface area contributed by atoms with Gasteiger partial charge in [0.15, 0.2) is 5.75 Å². The summed E-state index contributed by atoms with van der Waals surface area (Å²) in [5.74, 6) is 0.463. The Morgan fingerprint density at radius 1 is 1.41 bits per heavy atom. The molecule has 0 amide bonds. The Bertz CT molecular complexity index is 444. The largest absolute Gasteiger partial charge is 0.503 e. The van der Waals surface area contributed by atoms with Gasteiger partial charge in [-0.1, -0.05) is 27.7 Å². The Hall–Kier alpha value is -1.25. The van der Waals surface area contributed by atoms with E-state index in [9.17, 15) is 9.90 Å². The summed E-state index contributed by atoms with van der Waals surface area (Å²) in [6, 6.07) is 1.86. The Kier molecular flexibility index (Phi) is 4.02. The second kappa shape index (κ2) is 4.94. The van der Waals surface area contributed by atoms with Crippen LogP contribution in [0.5, 0.6) is 5.75 Å². The highest BCUT2D eigenvalue weighted by Crippen LogP contribution is 2.29. The number of rotatable bonds is 4. The zero-order chi connectivity index (χ0) is 13.2. The molecule has 0 saturated heterocycles. The lowest BCUT2D eigenvalue weighted by atomic mass is 9.80. The molecule has 2 N–H and O–H groups in total. The minimum atomic E-state index is -0.389. The summed E-state index contributed by atoms with van der Waals surface area (Å²) in [5.41, 5.74) is 1.31. The Labute approximate surface area is 103 Å². The molecule has 0 aromatic carbocycles. The molecule has 0 radical (unpaired) electrons. The second-order valence-corrected chi connectivity index (χ2v) is 6.09. The minimum absolute atomic E-state index is 0.153. The third-order valence-electron chi connectivity index (χ3n) is 2.88. The van der Waals surface area contributed by atoms with Crippen LogP contribution in [0.3, 0.4) is 0 Å².